The number of amides is 2. The van der Waals surface area contributed by atoms with E-state index in [0.717, 1.165) is 0 Å². The van der Waals surface area contributed by atoms with Crippen LogP contribution >= 0.6 is 11.8 Å². The number of nitrogens with one attached hydrogen (secondary N) is 1. The van der Waals surface area contributed by atoms with Gasteiger partial charge in [0.25, 0.3) is 0 Å². The van der Waals surface area contributed by atoms with E-state index in [1.54, 1.807) is 12.1 Å². The van der Waals surface area contributed by atoms with Crippen LogP contribution in [0.3, 0.4) is 0 Å². The third kappa shape index (κ3) is 2.64. The van der Waals surface area contributed by atoms with Crippen molar-refractivity contribution in [3.63, 3.8) is 0 Å². The summed E-state index contributed by atoms with van der Waals surface area (Å²) in [6.45, 7) is 2.71. The molecule has 0 bridgehead atoms. The summed E-state index contributed by atoms with van der Waals surface area (Å²) in [6, 6.07) is 5.61. The Morgan fingerprint density at radius 3 is 2.94 bits per heavy atom. The van der Waals surface area contributed by atoms with Gasteiger partial charge in [0.2, 0.25) is 0 Å². The van der Waals surface area contributed by atoms with Crippen molar-refractivity contribution in [3.05, 3.63) is 30.1 Å². The number of benzene rings is 1. The van der Waals surface area contributed by atoms with Crippen LogP contribution in [0.25, 0.3) is 0 Å². The molecule has 1 aliphatic rings. The van der Waals surface area contributed by atoms with Crippen LogP contribution in [-0.4, -0.2) is 30.0 Å². The summed E-state index contributed by atoms with van der Waals surface area (Å²) in [7, 11) is 1.54. The molecule has 1 aliphatic heterocycles. The van der Waals surface area contributed by atoms with Gasteiger partial charge in [-0.15, -0.1) is 0 Å². The fraction of sp³-hybridized carbons (Fsp3) is 0.333. The maximum atomic E-state index is 13.3. The second-order valence-electron chi connectivity index (χ2n) is 3.92. The lowest BCUT2D eigenvalue weighted by Crippen LogP contribution is -2.41. The molecule has 96 valence electrons. The number of nitrogens with zero attached hydrogens (tertiary/aromatic N) is 2. The number of aliphatic imine (C=N–C) groups is 1. The van der Waals surface area contributed by atoms with Crippen LogP contribution < -0.4 is 10.2 Å². The number of halogens is 1. The Kier molecular flexibility index (Phi) is 3.86. The zero-order valence-corrected chi connectivity index (χ0v) is 11.0. The third-order valence-corrected chi connectivity index (χ3v) is 3.54. The van der Waals surface area contributed by atoms with Gasteiger partial charge in [0.15, 0.2) is 5.17 Å². The lowest BCUT2D eigenvalue weighted by Gasteiger charge is -2.21. The van der Waals surface area contributed by atoms with Crippen LogP contribution in [-0.2, 0) is 0 Å². The zero-order chi connectivity index (χ0) is 13.1. The Bertz CT molecular complexity index is 492. The second-order valence-corrected chi connectivity index (χ2v) is 5.33. The highest BCUT2D eigenvalue weighted by atomic mass is 32.2. The molecule has 0 aromatic heterocycles. The number of hydrogen-bond acceptors (Lipinski definition) is 3. The molecule has 2 amide bonds. The van der Waals surface area contributed by atoms with Crippen molar-refractivity contribution in [2.45, 2.75) is 12.2 Å². The molecule has 1 aromatic rings. The maximum Gasteiger partial charge on any atom is 0.327 e. The van der Waals surface area contributed by atoms with Gasteiger partial charge in [-0.05, 0) is 18.2 Å². The van der Waals surface area contributed by atoms with Gasteiger partial charge in [-0.3, -0.25) is 4.99 Å². The number of anilines is 1. The first-order valence-electron chi connectivity index (χ1n) is 5.60. The van der Waals surface area contributed by atoms with Gasteiger partial charge in [-0.25, -0.2) is 14.1 Å². The Labute approximate surface area is 109 Å². The molecule has 6 heteroatoms. The van der Waals surface area contributed by atoms with Gasteiger partial charge in [-0.1, -0.05) is 24.8 Å². The van der Waals surface area contributed by atoms with Gasteiger partial charge >= 0.3 is 6.03 Å². The fourth-order valence-electron chi connectivity index (χ4n) is 1.63. The van der Waals surface area contributed by atoms with E-state index >= 15 is 0 Å². The van der Waals surface area contributed by atoms with E-state index in [-0.39, 0.29) is 11.8 Å². The normalized spacial score (nSPS) is 18.4. The van der Waals surface area contributed by atoms with Crippen molar-refractivity contribution >= 4 is 28.6 Å². The van der Waals surface area contributed by atoms with Crippen molar-refractivity contribution in [2.24, 2.45) is 4.99 Å². The van der Waals surface area contributed by atoms with Gasteiger partial charge in [0.05, 0.1) is 12.2 Å². The monoisotopic (exact) mass is 267 g/mol. The van der Waals surface area contributed by atoms with Gasteiger partial charge in [0.1, 0.15) is 5.82 Å². The second kappa shape index (κ2) is 5.39. The minimum atomic E-state index is -0.377. The molecular formula is C12H14FN3OS. The molecule has 1 heterocycles. The highest BCUT2D eigenvalue weighted by molar-refractivity contribution is 8.15. The van der Waals surface area contributed by atoms with E-state index < -0.39 is 0 Å². The first-order chi connectivity index (χ1) is 8.61. The molecule has 0 spiro atoms. The molecule has 1 aromatic carbocycles. The first kappa shape index (κ1) is 12.9. The molecule has 0 fully saturated rings. The van der Waals surface area contributed by atoms with E-state index in [1.807, 2.05) is 6.92 Å². The Balaban J connectivity index is 2.34. The van der Waals surface area contributed by atoms with E-state index in [9.17, 15) is 9.18 Å². The lowest BCUT2D eigenvalue weighted by atomic mass is 10.3. The SMILES string of the molecule is CNC(=O)N(C1=NC[C@@H](C)S1)c1cccc(F)c1. The summed E-state index contributed by atoms with van der Waals surface area (Å²) in [6.07, 6.45) is 0. The molecule has 1 atom stereocenters. The summed E-state index contributed by atoms with van der Waals surface area (Å²) < 4.78 is 13.3. The molecule has 0 saturated heterocycles. The average Bonchev–Trinajstić information content (AvgIpc) is 2.76. The summed E-state index contributed by atoms with van der Waals surface area (Å²) in [5.74, 6) is -0.377. The van der Waals surface area contributed by atoms with Gasteiger partial charge in [-0.2, -0.15) is 0 Å². The largest absolute Gasteiger partial charge is 0.340 e. The number of amidine groups is 1. The first-order valence-corrected chi connectivity index (χ1v) is 6.48. The predicted molar refractivity (Wildman–Crippen MR) is 72.7 cm³/mol. The molecule has 2 rings (SSSR count). The van der Waals surface area contributed by atoms with E-state index in [0.29, 0.717) is 22.6 Å². The van der Waals surface area contributed by atoms with Crippen LogP contribution in [0, 0.1) is 5.82 Å². The van der Waals surface area contributed by atoms with E-state index in [4.69, 9.17) is 0 Å². The summed E-state index contributed by atoms with van der Waals surface area (Å²) >= 11 is 1.51. The van der Waals surface area contributed by atoms with E-state index in [1.165, 1.54) is 35.8 Å². The van der Waals surface area contributed by atoms with E-state index in [2.05, 4.69) is 10.3 Å². The number of thioether (sulfide) groups is 1. The standard InChI is InChI=1S/C12H14FN3OS/c1-8-7-15-12(18-8)16(11(17)14-2)10-5-3-4-9(13)6-10/h3-6,8H,7H2,1-2H3,(H,14,17)/t8-/m1/s1. The van der Waals surface area contributed by atoms with Crippen LogP contribution in [0.15, 0.2) is 29.3 Å². The van der Waals surface area contributed by atoms with Crippen LogP contribution in [0.1, 0.15) is 6.92 Å². The third-order valence-electron chi connectivity index (χ3n) is 2.46. The van der Waals surface area contributed by atoms with Crippen molar-refractivity contribution < 1.29 is 9.18 Å². The highest BCUT2D eigenvalue weighted by Crippen LogP contribution is 2.27. The van der Waals surface area contributed by atoms with Crippen molar-refractivity contribution in [3.8, 4) is 0 Å². The average molecular weight is 267 g/mol. The minimum absolute atomic E-state index is 0.319. The Hall–Kier alpha value is -1.56. The quantitative estimate of drug-likeness (QED) is 0.849. The fourth-order valence-corrected chi connectivity index (χ4v) is 2.58. The Morgan fingerprint density at radius 2 is 2.39 bits per heavy atom. The number of hydrogen-bond donors (Lipinski definition) is 1. The van der Waals surface area contributed by atoms with Crippen LogP contribution in [0.5, 0.6) is 0 Å². The molecule has 0 aliphatic carbocycles. The van der Waals surface area contributed by atoms with Crippen LogP contribution in [0.4, 0.5) is 14.9 Å². The summed E-state index contributed by atoms with van der Waals surface area (Å²) in [5.41, 5.74) is 0.481. The van der Waals surface area contributed by atoms with Crippen LogP contribution in [0.2, 0.25) is 0 Å². The van der Waals surface area contributed by atoms with Gasteiger partial charge in [0, 0.05) is 12.3 Å². The minimum Gasteiger partial charge on any atom is -0.340 e. The maximum absolute atomic E-state index is 13.3. The molecule has 1 N–H and O–H groups in total. The number of carbonyl (C=O) groups is 1. The van der Waals surface area contributed by atoms with Crippen molar-refractivity contribution in [2.75, 3.05) is 18.5 Å². The number of rotatable bonds is 1. The molecular weight excluding hydrogens is 253 g/mol. The smallest absolute Gasteiger partial charge is 0.327 e. The number of carbonyl (C=O) groups excluding carboxylic acids is 1. The molecule has 4 nitrogen and oxygen atoms in total. The van der Waals surface area contributed by atoms with Crippen molar-refractivity contribution in [1.82, 2.24) is 5.32 Å². The predicted octanol–water partition coefficient (Wildman–Crippen LogP) is 2.46. The number of urea groups is 1. The summed E-state index contributed by atoms with van der Waals surface area (Å²) in [4.78, 5) is 17.6. The molecule has 0 unspecified atom stereocenters. The topological polar surface area (TPSA) is 44.7 Å². The molecule has 0 radical (unpaired) electrons. The lowest BCUT2D eigenvalue weighted by molar-refractivity contribution is 0.251. The van der Waals surface area contributed by atoms with Crippen molar-refractivity contribution in [1.29, 1.82) is 0 Å². The summed E-state index contributed by atoms with van der Waals surface area (Å²) in [5, 5.41) is 3.48. The zero-order valence-electron chi connectivity index (χ0n) is 10.2. The van der Waals surface area contributed by atoms with Gasteiger partial charge < -0.3 is 5.32 Å². The Morgan fingerprint density at radius 1 is 1.61 bits per heavy atom. The molecule has 0 saturated carbocycles. The molecule has 18 heavy (non-hydrogen) atoms. The highest BCUT2D eigenvalue weighted by Gasteiger charge is 2.26.